The number of rotatable bonds is 1. The third kappa shape index (κ3) is 1.82. The van der Waals surface area contributed by atoms with Gasteiger partial charge in [-0.2, -0.15) is 0 Å². The van der Waals surface area contributed by atoms with Crippen LogP contribution in [0.15, 0.2) is 23.1 Å². The third-order valence-electron chi connectivity index (χ3n) is 2.75. The highest BCUT2D eigenvalue weighted by atomic mass is 32.2. The maximum absolute atomic E-state index is 11.4. The maximum atomic E-state index is 11.4. The van der Waals surface area contributed by atoms with Crippen molar-refractivity contribution in [2.75, 3.05) is 17.7 Å². The lowest BCUT2D eigenvalue weighted by molar-refractivity contribution is -0.116. The highest BCUT2D eigenvalue weighted by Gasteiger charge is 2.23. The van der Waals surface area contributed by atoms with E-state index >= 15 is 0 Å². The van der Waals surface area contributed by atoms with E-state index in [0.29, 0.717) is 11.4 Å². The minimum absolute atomic E-state index is 0.00847. The molecule has 86 valence electrons. The van der Waals surface area contributed by atoms with E-state index < -0.39 is 9.84 Å². The number of sulfone groups is 1. The molecule has 1 aliphatic heterocycles. The van der Waals surface area contributed by atoms with Crippen LogP contribution in [0.5, 0.6) is 0 Å². The second kappa shape index (κ2) is 3.59. The van der Waals surface area contributed by atoms with Gasteiger partial charge in [-0.15, -0.1) is 0 Å². The SMILES string of the molecule is CC(=O)N1CCc2cc(S(C)(=O)=O)ccc21. The second-order valence-electron chi connectivity index (χ2n) is 3.98. The van der Waals surface area contributed by atoms with Crippen molar-refractivity contribution in [1.82, 2.24) is 0 Å². The van der Waals surface area contributed by atoms with Crippen LogP contribution in [0.25, 0.3) is 0 Å². The number of carbonyl (C=O) groups is 1. The first-order valence-electron chi connectivity index (χ1n) is 5.00. The topological polar surface area (TPSA) is 54.5 Å². The van der Waals surface area contributed by atoms with Crippen molar-refractivity contribution in [2.24, 2.45) is 0 Å². The molecule has 0 spiro atoms. The highest BCUT2D eigenvalue weighted by Crippen LogP contribution is 2.30. The van der Waals surface area contributed by atoms with Gasteiger partial charge < -0.3 is 4.90 Å². The molecule has 0 aliphatic carbocycles. The molecule has 0 atom stereocenters. The molecule has 0 aromatic heterocycles. The molecule has 2 rings (SSSR count). The molecule has 16 heavy (non-hydrogen) atoms. The van der Waals surface area contributed by atoms with E-state index in [1.165, 1.54) is 13.2 Å². The molecule has 0 radical (unpaired) electrons. The molecule has 1 aliphatic rings. The van der Waals surface area contributed by atoms with Gasteiger partial charge in [0.1, 0.15) is 0 Å². The molecule has 0 saturated carbocycles. The Morgan fingerprint density at radius 3 is 2.62 bits per heavy atom. The van der Waals surface area contributed by atoms with Crippen LogP contribution in [0.2, 0.25) is 0 Å². The number of fused-ring (bicyclic) bond motifs is 1. The third-order valence-corrected chi connectivity index (χ3v) is 3.87. The monoisotopic (exact) mass is 239 g/mol. The highest BCUT2D eigenvalue weighted by molar-refractivity contribution is 7.90. The van der Waals surface area contributed by atoms with Crippen molar-refractivity contribution < 1.29 is 13.2 Å². The Balaban J connectivity index is 2.48. The number of amides is 1. The van der Waals surface area contributed by atoms with E-state index in [9.17, 15) is 13.2 Å². The van der Waals surface area contributed by atoms with Gasteiger partial charge in [-0.25, -0.2) is 8.42 Å². The van der Waals surface area contributed by atoms with Gasteiger partial charge in [0.15, 0.2) is 9.84 Å². The van der Waals surface area contributed by atoms with Crippen LogP contribution in [0.1, 0.15) is 12.5 Å². The fourth-order valence-electron chi connectivity index (χ4n) is 1.94. The van der Waals surface area contributed by atoms with Crippen LogP contribution in [0.3, 0.4) is 0 Å². The minimum atomic E-state index is -3.17. The maximum Gasteiger partial charge on any atom is 0.223 e. The summed E-state index contributed by atoms with van der Waals surface area (Å²) in [5.74, 6) is -0.00847. The Morgan fingerprint density at radius 1 is 1.38 bits per heavy atom. The summed E-state index contributed by atoms with van der Waals surface area (Å²) in [6.45, 7) is 2.15. The van der Waals surface area contributed by atoms with Crippen LogP contribution in [-0.2, 0) is 21.1 Å². The van der Waals surface area contributed by atoms with Gasteiger partial charge in [-0.3, -0.25) is 4.79 Å². The molecule has 0 unspecified atom stereocenters. The lowest BCUT2D eigenvalue weighted by atomic mass is 10.2. The molecule has 1 heterocycles. The van der Waals surface area contributed by atoms with Crippen LogP contribution >= 0.6 is 0 Å². The van der Waals surface area contributed by atoms with Crippen molar-refractivity contribution in [1.29, 1.82) is 0 Å². The Labute approximate surface area is 94.8 Å². The van der Waals surface area contributed by atoms with Crippen molar-refractivity contribution in [3.05, 3.63) is 23.8 Å². The number of nitrogens with zero attached hydrogens (tertiary/aromatic N) is 1. The van der Waals surface area contributed by atoms with E-state index in [4.69, 9.17) is 0 Å². The lowest BCUT2D eigenvalue weighted by Gasteiger charge is -2.14. The largest absolute Gasteiger partial charge is 0.312 e. The normalized spacial score (nSPS) is 15.0. The molecular formula is C11H13NO3S. The predicted molar refractivity (Wildman–Crippen MR) is 61.3 cm³/mol. The number of hydrogen-bond donors (Lipinski definition) is 0. The van der Waals surface area contributed by atoms with Gasteiger partial charge >= 0.3 is 0 Å². The van der Waals surface area contributed by atoms with Gasteiger partial charge in [0.05, 0.1) is 4.90 Å². The molecule has 0 saturated heterocycles. The summed E-state index contributed by atoms with van der Waals surface area (Å²) >= 11 is 0. The molecular weight excluding hydrogens is 226 g/mol. The first-order valence-corrected chi connectivity index (χ1v) is 6.90. The van der Waals surface area contributed by atoms with Gasteiger partial charge in [0, 0.05) is 25.4 Å². The van der Waals surface area contributed by atoms with Gasteiger partial charge in [-0.05, 0) is 30.2 Å². The fourth-order valence-corrected chi connectivity index (χ4v) is 2.61. The second-order valence-corrected chi connectivity index (χ2v) is 6.00. The number of hydrogen-bond acceptors (Lipinski definition) is 3. The van der Waals surface area contributed by atoms with Crippen LogP contribution in [-0.4, -0.2) is 27.1 Å². The van der Waals surface area contributed by atoms with E-state index in [2.05, 4.69) is 0 Å². The summed E-state index contributed by atoms with van der Waals surface area (Å²) in [5.41, 5.74) is 1.76. The predicted octanol–water partition coefficient (Wildman–Crippen LogP) is 0.999. The molecule has 0 N–H and O–H groups in total. The molecule has 4 nitrogen and oxygen atoms in total. The number of carbonyl (C=O) groups excluding carboxylic acids is 1. The first-order chi connectivity index (χ1) is 7.39. The summed E-state index contributed by atoms with van der Waals surface area (Å²) in [5, 5.41) is 0. The average molecular weight is 239 g/mol. The van der Waals surface area contributed by atoms with Crippen molar-refractivity contribution in [2.45, 2.75) is 18.2 Å². The van der Waals surface area contributed by atoms with Gasteiger partial charge in [-0.1, -0.05) is 0 Å². The summed E-state index contributed by atoms with van der Waals surface area (Å²) in [6.07, 6.45) is 1.91. The smallest absolute Gasteiger partial charge is 0.223 e. The Bertz CT molecular complexity index is 548. The van der Waals surface area contributed by atoms with Gasteiger partial charge in [0.2, 0.25) is 5.91 Å². The quantitative estimate of drug-likeness (QED) is 0.734. The summed E-state index contributed by atoms with van der Waals surface area (Å²) < 4.78 is 22.7. The summed E-state index contributed by atoms with van der Waals surface area (Å²) in [7, 11) is -3.17. The van der Waals surface area contributed by atoms with E-state index in [1.54, 1.807) is 23.1 Å². The van der Waals surface area contributed by atoms with E-state index in [1.807, 2.05) is 0 Å². The average Bonchev–Trinajstić information content (AvgIpc) is 2.58. The molecule has 0 bridgehead atoms. The molecule has 1 aromatic carbocycles. The zero-order valence-corrected chi connectivity index (χ0v) is 10.0. The summed E-state index contributed by atoms with van der Waals surface area (Å²) in [6, 6.07) is 4.92. The van der Waals surface area contributed by atoms with Crippen LogP contribution < -0.4 is 4.90 Å². The standard InChI is InChI=1S/C11H13NO3S/c1-8(13)12-6-5-9-7-10(16(2,14)15)3-4-11(9)12/h3-4,7H,5-6H2,1-2H3. The van der Waals surface area contributed by atoms with E-state index in [0.717, 1.165) is 17.7 Å². The zero-order valence-electron chi connectivity index (χ0n) is 9.23. The van der Waals surface area contributed by atoms with Crippen molar-refractivity contribution in [3.8, 4) is 0 Å². The van der Waals surface area contributed by atoms with Crippen molar-refractivity contribution in [3.63, 3.8) is 0 Å². The Hall–Kier alpha value is -1.36. The molecule has 1 aromatic rings. The summed E-state index contributed by atoms with van der Waals surface area (Å²) in [4.78, 5) is 13.3. The van der Waals surface area contributed by atoms with Crippen LogP contribution in [0, 0.1) is 0 Å². The first kappa shape index (κ1) is 11.1. The zero-order chi connectivity index (χ0) is 11.9. The Morgan fingerprint density at radius 2 is 2.06 bits per heavy atom. The molecule has 0 fully saturated rings. The Kier molecular flexibility index (Phi) is 2.50. The number of anilines is 1. The lowest BCUT2D eigenvalue weighted by Crippen LogP contribution is -2.25. The minimum Gasteiger partial charge on any atom is -0.312 e. The van der Waals surface area contributed by atoms with Crippen LogP contribution in [0.4, 0.5) is 5.69 Å². The fraction of sp³-hybridized carbons (Fsp3) is 0.364. The molecule has 5 heteroatoms. The van der Waals surface area contributed by atoms with Gasteiger partial charge in [0.25, 0.3) is 0 Å². The van der Waals surface area contributed by atoms with E-state index in [-0.39, 0.29) is 5.91 Å². The molecule has 1 amide bonds. The van der Waals surface area contributed by atoms with Crippen molar-refractivity contribution >= 4 is 21.4 Å². The number of benzene rings is 1.